The molecule has 2 aliphatic rings. The first-order valence-electron chi connectivity index (χ1n) is 10.4. The Morgan fingerprint density at radius 1 is 1.07 bits per heavy atom. The SMILES string of the molecule is C=C(C)c1ccc2c(C3CCCCC3)c3n(c2c1)CCNc1ccccc1-3. The van der Waals surface area contributed by atoms with Crippen molar-refractivity contribution in [2.45, 2.75) is 51.5 Å². The third kappa shape index (κ3) is 2.70. The summed E-state index contributed by atoms with van der Waals surface area (Å²) in [5.74, 6) is 0.680. The van der Waals surface area contributed by atoms with E-state index < -0.39 is 0 Å². The number of benzene rings is 2. The molecule has 2 heterocycles. The zero-order chi connectivity index (χ0) is 18.4. The van der Waals surface area contributed by atoms with Crippen LogP contribution >= 0.6 is 0 Å². The van der Waals surface area contributed by atoms with Gasteiger partial charge in [-0.1, -0.05) is 61.7 Å². The highest BCUT2D eigenvalue weighted by Gasteiger charge is 2.28. The molecule has 1 aliphatic heterocycles. The summed E-state index contributed by atoms with van der Waals surface area (Å²) in [5, 5.41) is 5.11. The molecule has 0 atom stereocenters. The molecule has 2 aromatic carbocycles. The molecule has 2 nitrogen and oxygen atoms in total. The van der Waals surface area contributed by atoms with Crippen LogP contribution in [0, 0.1) is 0 Å². The summed E-state index contributed by atoms with van der Waals surface area (Å²) in [6.45, 7) is 8.25. The third-order valence-electron chi connectivity index (χ3n) is 6.44. The normalized spacial score (nSPS) is 17.1. The zero-order valence-electron chi connectivity index (χ0n) is 16.2. The van der Waals surface area contributed by atoms with E-state index in [2.05, 4.69) is 65.9 Å². The molecular weight excluding hydrogens is 328 g/mol. The number of para-hydroxylation sites is 1. The molecule has 5 rings (SSSR count). The van der Waals surface area contributed by atoms with Gasteiger partial charge in [-0.05, 0) is 48.9 Å². The van der Waals surface area contributed by atoms with Gasteiger partial charge in [0.25, 0.3) is 0 Å². The topological polar surface area (TPSA) is 17.0 Å². The second-order valence-corrected chi connectivity index (χ2v) is 8.23. The van der Waals surface area contributed by atoms with Gasteiger partial charge in [0.2, 0.25) is 0 Å². The average Bonchev–Trinajstić information content (AvgIpc) is 2.90. The lowest BCUT2D eigenvalue weighted by Crippen LogP contribution is -2.08. The maximum atomic E-state index is 4.17. The number of allylic oxidation sites excluding steroid dienone is 1. The van der Waals surface area contributed by atoms with E-state index in [1.165, 1.54) is 65.5 Å². The molecule has 1 aliphatic carbocycles. The number of nitrogens with zero attached hydrogens (tertiary/aromatic N) is 1. The molecule has 0 bridgehead atoms. The van der Waals surface area contributed by atoms with Crippen molar-refractivity contribution in [2.75, 3.05) is 11.9 Å². The standard InChI is InChI=1S/C25H28N2/c1-17(2)19-12-13-21-23(16-19)27-15-14-26-22-11-7-6-10-20(22)25(27)24(21)18-8-4-3-5-9-18/h6-7,10-13,16,18,26H,1,3-5,8-9,14-15H2,2H3. The lowest BCUT2D eigenvalue weighted by atomic mass is 9.81. The fraction of sp³-hybridized carbons (Fsp3) is 0.360. The molecule has 3 aromatic rings. The summed E-state index contributed by atoms with van der Waals surface area (Å²) in [5.41, 5.74) is 9.46. The first-order valence-corrected chi connectivity index (χ1v) is 10.4. The summed E-state index contributed by atoms with van der Waals surface area (Å²) < 4.78 is 2.57. The summed E-state index contributed by atoms with van der Waals surface area (Å²) in [4.78, 5) is 0. The largest absolute Gasteiger partial charge is 0.383 e. The van der Waals surface area contributed by atoms with Gasteiger partial charge in [0, 0.05) is 35.2 Å². The molecule has 1 saturated carbocycles. The maximum Gasteiger partial charge on any atom is 0.0548 e. The van der Waals surface area contributed by atoms with Crippen LogP contribution in [-0.2, 0) is 6.54 Å². The van der Waals surface area contributed by atoms with Crippen molar-refractivity contribution in [1.29, 1.82) is 0 Å². The number of anilines is 1. The smallest absolute Gasteiger partial charge is 0.0548 e. The lowest BCUT2D eigenvalue weighted by molar-refractivity contribution is 0.445. The Morgan fingerprint density at radius 3 is 2.70 bits per heavy atom. The second-order valence-electron chi connectivity index (χ2n) is 8.23. The lowest BCUT2D eigenvalue weighted by Gasteiger charge is -2.23. The highest BCUT2D eigenvalue weighted by molar-refractivity contribution is 5.96. The molecule has 0 unspecified atom stereocenters. The monoisotopic (exact) mass is 356 g/mol. The predicted octanol–water partition coefficient (Wildman–Crippen LogP) is 6.81. The highest BCUT2D eigenvalue weighted by atomic mass is 15.0. The van der Waals surface area contributed by atoms with Crippen molar-refractivity contribution in [2.24, 2.45) is 0 Å². The number of hydrogen-bond donors (Lipinski definition) is 1. The molecule has 2 heteroatoms. The fourth-order valence-electron chi connectivity index (χ4n) is 5.11. The summed E-state index contributed by atoms with van der Waals surface area (Å²) in [6, 6.07) is 15.8. The first kappa shape index (κ1) is 16.7. The molecule has 1 N–H and O–H groups in total. The number of fused-ring (bicyclic) bond motifs is 5. The highest BCUT2D eigenvalue weighted by Crippen LogP contribution is 2.46. The maximum absolute atomic E-state index is 4.17. The van der Waals surface area contributed by atoms with Crippen LogP contribution in [0.15, 0.2) is 49.0 Å². The number of aromatic nitrogens is 1. The Labute approximate surface area is 161 Å². The Hall–Kier alpha value is -2.48. The van der Waals surface area contributed by atoms with Crippen LogP contribution in [0.5, 0.6) is 0 Å². The van der Waals surface area contributed by atoms with E-state index in [9.17, 15) is 0 Å². The van der Waals surface area contributed by atoms with E-state index in [-0.39, 0.29) is 0 Å². The van der Waals surface area contributed by atoms with Gasteiger partial charge >= 0.3 is 0 Å². The third-order valence-corrected chi connectivity index (χ3v) is 6.44. The summed E-state index contributed by atoms with van der Waals surface area (Å²) >= 11 is 0. The van der Waals surface area contributed by atoms with Gasteiger partial charge in [-0.25, -0.2) is 0 Å². The molecule has 27 heavy (non-hydrogen) atoms. The summed E-state index contributed by atoms with van der Waals surface area (Å²) in [7, 11) is 0. The van der Waals surface area contributed by atoms with E-state index in [1.807, 2.05) is 0 Å². The minimum Gasteiger partial charge on any atom is -0.383 e. The fourth-order valence-corrected chi connectivity index (χ4v) is 5.11. The van der Waals surface area contributed by atoms with Gasteiger partial charge < -0.3 is 9.88 Å². The Kier molecular flexibility index (Phi) is 4.07. The van der Waals surface area contributed by atoms with E-state index in [4.69, 9.17) is 0 Å². The molecule has 1 fully saturated rings. The zero-order valence-corrected chi connectivity index (χ0v) is 16.2. The van der Waals surface area contributed by atoms with Crippen LogP contribution < -0.4 is 5.32 Å². The van der Waals surface area contributed by atoms with Crippen molar-refractivity contribution in [3.05, 3.63) is 60.2 Å². The number of rotatable bonds is 2. The van der Waals surface area contributed by atoms with Gasteiger partial charge in [0.15, 0.2) is 0 Å². The Bertz CT molecular complexity index is 1020. The van der Waals surface area contributed by atoms with Crippen molar-refractivity contribution in [3.8, 4) is 11.3 Å². The van der Waals surface area contributed by atoms with E-state index in [0.29, 0.717) is 5.92 Å². The minimum atomic E-state index is 0.680. The minimum absolute atomic E-state index is 0.680. The molecule has 1 aromatic heterocycles. The van der Waals surface area contributed by atoms with Crippen LogP contribution in [0.4, 0.5) is 5.69 Å². The van der Waals surface area contributed by atoms with Crippen molar-refractivity contribution in [1.82, 2.24) is 4.57 Å². The van der Waals surface area contributed by atoms with Crippen molar-refractivity contribution < 1.29 is 0 Å². The van der Waals surface area contributed by atoms with E-state index in [0.717, 1.165) is 18.7 Å². The van der Waals surface area contributed by atoms with Crippen LogP contribution in [0.1, 0.15) is 56.1 Å². The predicted molar refractivity (Wildman–Crippen MR) is 116 cm³/mol. The molecule has 0 spiro atoms. The van der Waals surface area contributed by atoms with Gasteiger partial charge in [-0.15, -0.1) is 0 Å². The molecule has 0 saturated heterocycles. The summed E-state index contributed by atoms with van der Waals surface area (Å²) in [6.07, 6.45) is 6.76. The number of hydrogen-bond acceptors (Lipinski definition) is 1. The average molecular weight is 357 g/mol. The molecule has 0 radical (unpaired) electrons. The molecule has 138 valence electrons. The molecule has 0 amide bonds. The Morgan fingerprint density at radius 2 is 1.89 bits per heavy atom. The van der Waals surface area contributed by atoms with Crippen LogP contribution in [-0.4, -0.2) is 11.1 Å². The van der Waals surface area contributed by atoms with Crippen LogP contribution in [0.3, 0.4) is 0 Å². The van der Waals surface area contributed by atoms with Crippen molar-refractivity contribution in [3.63, 3.8) is 0 Å². The van der Waals surface area contributed by atoms with E-state index in [1.54, 1.807) is 5.56 Å². The van der Waals surface area contributed by atoms with Crippen molar-refractivity contribution >= 4 is 22.2 Å². The number of nitrogens with one attached hydrogen (secondary N) is 1. The van der Waals surface area contributed by atoms with Crippen LogP contribution in [0.2, 0.25) is 0 Å². The van der Waals surface area contributed by atoms with Gasteiger partial charge in [0.1, 0.15) is 0 Å². The Balaban J connectivity index is 1.84. The quantitative estimate of drug-likeness (QED) is 0.533. The van der Waals surface area contributed by atoms with Gasteiger partial charge in [0.05, 0.1) is 5.69 Å². The second kappa shape index (κ2) is 6.60. The molecular formula is C25H28N2. The van der Waals surface area contributed by atoms with Gasteiger partial charge in [-0.3, -0.25) is 0 Å². The van der Waals surface area contributed by atoms with Gasteiger partial charge in [-0.2, -0.15) is 0 Å². The first-order chi connectivity index (χ1) is 13.2. The van der Waals surface area contributed by atoms with Crippen LogP contribution in [0.25, 0.3) is 27.7 Å². The van der Waals surface area contributed by atoms with E-state index >= 15 is 0 Å².